The van der Waals surface area contributed by atoms with E-state index in [1.54, 1.807) is 7.11 Å². The average Bonchev–Trinajstić information content (AvgIpc) is 2.40. The lowest BCUT2D eigenvalue weighted by Crippen LogP contribution is -2.34. The number of carbonyl (C=O) groups excluding carboxylic acids is 1. The number of ether oxygens (including phenoxy) is 1. The highest BCUT2D eigenvalue weighted by molar-refractivity contribution is 5.92. The summed E-state index contributed by atoms with van der Waals surface area (Å²) in [5.74, 6) is 0.996. The van der Waals surface area contributed by atoms with E-state index in [1.807, 2.05) is 24.3 Å². The summed E-state index contributed by atoms with van der Waals surface area (Å²) in [7, 11) is 1.62. The molecule has 92 valence electrons. The van der Waals surface area contributed by atoms with Gasteiger partial charge in [-0.25, -0.2) is 0 Å². The first kappa shape index (κ1) is 11.9. The van der Waals surface area contributed by atoms with Gasteiger partial charge in [-0.05, 0) is 38.1 Å². The predicted molar refractivity (Wildman–Crippen MR) is 67.2 cm³/mol. The number of methoxy groups -OCH3 is 1. The third-order valence-corrected chi connectivity index (χ3v) is 3.05. The lowest BCUT2D eigenvalue weighted by molar-refractivity contribution is -0.120. The SMILES string of the molecule is COc1cccc(NC(=O)C2CCNCC2)c1. The second kappa shape index (κ2) is 5.68. The van der Waals surface area contributed by atoms with Crippen LogP contribution < -0.4 is 15.4 Å². The van der Waals surface area contributed by atoms with Crippen LogP contribution in [0.4, 0.5) is 5.69 Å². The van der Waals surface area contributed by atoms with Crippen LogP contribution in [0.2, 0.25) is 0 Å². The molecule has 0 aliphatic carbocycles. The van der Waals surface area contributed by atoms with E-state index in [0.717, 1.165) is 37.4 Å². The summed E-state index contributed by atoms with van der Waals surface area (Å²) in [6.07, 6.45) is 1.83. The molecule has 1 saturated heterocycles. The summed E-state index contributed by atoms with van der Waals surface area (Å²) < 4.78 is 5.12. The molecule has 1 amide bonds. The fourth-order valence-corrected chi connectivity index (χ4v) is 2.03. The van der Waals surface area contributed by atoms with Crippen molar-refractivity contribution in [1.29, 1.82) is 0 Å². The van der Waals surface area contributed by atoms with Gasteiger partial charge in [-0.1, -0.05) is 6.07 Å². The van der Waals surface area contributed by atoms with Crippen molar-refractivity contribution in [2.75, 3.05) is 25.5 Å². The highest BCUT2D eigenvalue weighted by atomic mass is 16.5. The van der Waals surface area contributed by atoms with E-state index in [2.05, 4.69) is 10.6 Å². The van der Waals surface area contributed by atoms with Gasteiger partial charge in [-0.3, -0.25) is 4.79 Å². The van der Waals surface area contributed by atoms with Crippen molar-refractivity contribution >= 4 is 11.6 Å². The number of anilines is 1. The summed E-state index contributed by atoms with van der Waals surface area (Å²) in [4.78, 5) is 12.0. The van der Waals surface area contributed by atoms with Gasteiger partial charge in [0.25, 0.3) is 0 Å². The molecule has 1 aromatic rings. The molecule has 1 aliphatic heterocycles. The molecule has 1 aliphatic rings. The first-order chi connectivity index (χ1) is 8.29. The number of hydrogen-bond donors (Lipinski definition) is 2. The molecule has 0 bridgehead atoms. The molecule has 1 fully saturated rings. The zero-order valence-corrected chi connectivity index (χ0v) is 10.0. The summed E-state index contributed by atoms with van der Waals surface area (Å²) in [5.41, 5.74) is 0.799. The van der Waals surface area contributed by atoms with Crippen LogP contribution in [0.3, 0.4) is 0 Å². The van der Waals surface area contributed by atoms with Crippen molar-refractivity contribution in [2.45, 2.75) is 12.8 Å². The molecule has 0 unspecified atom stereocenters. The van der Waals surface area contributed by atoms with Gasteiger partial charge in [0.15, 0.2) is 0 Å². The maximum atomic E-state index is 12.0. The Morgan fingerprint density at radius 3 is 2.88 bits per heavy atom. The molecule has 4 heteroatoms. The Kier molecular flexibility index (Phi) is 3.98. The minimum Gasteiger partial charge on any atom is -0.497 e. The molecule has 0 aromatic heterocycles. The molecule has 0 atom stereocenters. The van der Waals surface area contributed by atoms with Crippen molar-refractivity contribution in [3.8, 4) is 5.75 Å². The third kappa shape index (κ3) is 3.20. The van der Waals surface area contributed by atoms with E-state index in [4.69, 9.17) is 4.74 Å². The van der Waals surface area contributed by atoms with Gasteiger partial charge in [0, 0.05) is 17.7 Å². The number of amides is 1. The van der Waals surface area contributed by atoms with Gasteiger partial charge in [0.2, 0.25) is 5.91 Å². The minimum atomic E-state index is 0.111. The van der Waals surface area contributed by atoms with E-state index in [1.165, 1.54) is 0 Å². The highest BCUT2D eigenvalue weighted by Gasteiger charge is 2.20. The van der Waals surface area contributed by atoms with Crippen molar-refractivity contribution < 1.29 is 9.53 Å². The van der Waals surface area contributed by atoms with Crippen LogP contribution in [0.25, 0.3) is 0 Å². The molecule has 1 heterocycles. The number of piperidine rings is 1. The predicted octanol–water partition coefficient (Wildman–Crippen LogP) is 1.63. The lowest BCUT2D eigenvalue weighted by Gasteiger charge is -2.21. The Morgan fingerprint density at radius 1 is 1.41 bits per heavy atom. The van der Waals surface area contributed by atoms with Crippen molar-refractivity contribution in [2.24, 2.45) is 5.92 Å². The normalized spacial score (nSPS) is 16.5. The molecule has 0 radical (unpaired) electrons. The molecule has 0 saturated carbocycles. The first-order valence-electron chi connectivity index (χ1n) is 5.95. The second-order valence-corrected chi connectivity index (χ2v) is 4.25. The summed E-state index contributed by atoms with van der Waals surface area (Å²) in [6, 6.07) is 7.44. The van der Waals surface area contributed by atoms with E-state index < -0.39 is 0 Å². The quantitative estimate of drug-likeness (QED) is 0.835. The van der Waals surface area contributed by atoms with E-state index in [-0.39, 0.29) is 11.8 Å². The lowest BCUT2D eigenvalue weighted by atomic mass is 9.97. The molecule has 0 spiro atoms. The average molecular weight is 234 g/mol. The van der Waals surface area contributed by atoms with Gasteiger partial charge in [-0.2, -0.15) is 0 Å². The zero-order chi connectivity index (χ0) is 12.1. The Balaban J connectivity index is 1.96. The maximum Gasteiger partial charge on any atom is 0.227 e. The third-order valence-electron chi connectivity index (χ3n) is 3.05. The van der Waals surface area contributed by atoms with Gasteiger partial charge in [0.1, 0.15) is 5.75 Å². The number of hydrogen-bond acceptors (Lipinski definition) is 3. The number of carbonyl (C=O) groups is 1. The van der Waals surface area contributed by atoms with Crippen LogP contribution in [0, 0.1) is 5.92 Å². The maximum absolute atomic E-state index is 12.0. The van der Waals surface area contributed by atoms with Crippen molar-refractivity contribution in [3.05, 3.63) is 24.3 Å². The Morgan fingerprint density at radius 2 is 2.18 bits per heavy atom. The van der Waals surface area contributed by atoms with Crippen LogP contribution in [0.5, 0.6) is 5.75 Å². The van der Waals surface area contributed by atoms with Crippen molar-refractivity contribution in [3.63, 3.8) is 0 Å². The second-order valence-electron chi connectivity index (χ2n) is 4.25. The molecular weight excluding hydrogens is 216 g/mol. The molecule has 17 heavy (non-hydrogen) atoms. The minimum absolute atomic E-state index is 0.111. The largest absolute Gasteiger partial charge is 0.497 e. The fraction of sp³-hybridized carbons (Fsp3) is 0.462. The van der Waals surface area contributed by atoms with Gasteiger partial charge in [-0.15, -0.1) is 0 Å². The Hall–Kier alpha value is -1.55. The number of benzene rings is 1. The zero-order valence-electron chi connectivity index (χ0n) is 10.0. The van der Waals surface area contributed by atoms with E-state index >= 15 is 0 Å². The van der Waals surface area contributed by atoms with E-state index in [0.29, 0.717) is 0 Å². The monoisotopic (exact) mass is 234 g/mol. The van der Waals surface area contributed by atoms with Crippen LogP contribution in [0.1, 0.15) is 12.8 Å². The van der Waals surface area contributed by atoms with Crippen molar-refractivity contribution in [1.82, 2.24) is 5.32 Å². The first-order valence-corrected chi connectivity index (χ1v) is 5.95. The smallest absolute Gasteiger partial charge is 0.227 e. The van der Waals surface area contributed by atoms with Crippen LogP contribution in [-0.2, 0) is 4.79 Å². The number of rotatable bonds is 3. The van der Waals surface area contributed by atoms with E-state index in [9.17, 15) is 4.79 Å². The standard InChI is InChI=1S/C13H18N2O2/c1-17-12-4-2-3-11(9-12)15-13(16)10-5-7-14-8-6-10/h2-4,9-10,14H,5-8H2,1H3,(H,15,16). The van der Waals surface area contributed by atoms with Crippen LogP contribution >= 0.6 is 0 Å². The number of nitrogens with one attached hydrogen (secondary N) is 2. The molecule has 2 rings (SSSR count). The molecular formula is C13H18N2O2. The summed E-state index contributed by atoms with van der Waals surface area (Å²) in [6.45, 7) is 1.85. The Labute approximate surface area is 101 Å². The van der Waals surface area contributed by atoms with Gasteiger partial charge >= 0.3 is 0 Å². The molecule has 2 N–H and O–H groups in total. The van der Waals surface area contributed by atoms with Gasteiger partial charge in [0.05, 0.1) is 7.11 Å². The highest BCUT2D eigenvalue weighted by Crippen LogP contribution is 2.19. The van der Waals surface area contributed by atoms with Gasteiger partial charge < -0.3 is 15.4 Å². The molecule has 1 aromatic carbocycles. The van der Waals surface area contributed by atoms with Crippen LogP contribution in [-0.4, -0.2) is 26.1 Å². The Bertz CT molecular complexity index is 387. The van der Waals surface area contributed by atoms with Crippen LogP contribution in [0.15, 0.2) is 24.3 Å². The topological polar surface area (TPSA) is 50.4 Å². The fourth-order valence-electron chi connectivity index (χ4n) is 2.03. The molecule has 4 nitrogen and oxygen atoms in total. The summed E-state index contributed by atoms with van der Waals surface area (Å²) >= 11 is 0. The summed E-state index contributed by atoms with van der Waals surface area (Å²) in [5, 5.41) is 6.19.